The first kappa shape index (κ1) is 22.2. The smallest absolute Gasteiger partial charge is 0.404 e. The van der Waals surface area contributed by atoms with Gasteiger partial charge in [0.1, 0.15) is 6.04 Å². The highest BCUT2D eigenvalue weighted by Gasteiger charge is 2.39. The summed E-state index contributed by atoms with van der Waals surface area (Å²) in [4.78, 5) is 16.2. The van der Waals surface area contributed by atoms with Crippen LogP contribution >= 0.6 is 11.3 Å². The Balaban J connectivity index is 2.08. The van der Waals surface area contributed by atoms with E-state index >= 15 is 0 Å². The Morgan fingerprint density at radius 2 is 1.87 bits per heavy atom. The van der Waals surface area contributed by atoms with Crippen molar-refractivity contribution in [3.8, 4) is 10.4 Å². The van der Waals surface area contributed by atoms with Crippen molar-refractivity contribution >= 4 is 38.1 Å². The van der Waals surface area contributed by atoms with E-state index < -0.39 is 28.2 Å². The molecule has 11 heteroatoms. The summed E-state index contributed by atoms with van der Waals surface area (Å²) in [5.41, 5.74) is 0.599. The maximum absolute atomic E-state index is 12.8. The number of nitrogens with one attached hydrogen (secondary N) is 1. The number of fused-ring (bicyclic) bond motifs is 1. The molecule has 0 unspecified atom stereocenters. The van der Waals surface area contributed by atoms with Crippen molar-refractivity contribution in [3.63, 3.8) is 0 Å². The average molecular weight is 458 g/mol. The van der Waals surface area contributed by atoms with E-state index in [-0.39, 0.29) is 21.9 Å². The van der Waals surface area contributed by atoms with E-state index in [9.17, 15) is 26.4 Å². The number of rotatable bonds is 6. The summed E-state index contributed by atoms with van der Waals surface area (Å²) in [6.07, 6.45) is -3.24. The van der Waals surface area contributed by atoms with Crippen molar-refractivity contribution in [2.75, 3.05) is 6.61 Å². The maximum atomic E-state index is 12.8. The number of esters is 1. The van der Waals surface area contributed by atoms with Crippen LogP contribution in [0, 0.1) is 0 Å². The molecule has 0 radical (unpaired) electrons. The molecule has 1 atom stereocenters. The number of carbonyl (C=O) groups excluding carboxylic acids is 1. The van der Waals surface area contributed by atoms with Crippen molar-refractivity contribution in [1.29, 1.82) is 0 Å². The normalized spacial score (nSPS) is 13.4. The number of benzene rings is 2. The molecule has 1 N–H and O–H groups in total. The summed E-state index contributed by atoms with van der Waals surface area (Å²) >= 11 is 1.08. The summed E-state index contributed by atoms with van der Waals surface area (Å²) in [6, 6.07) is 6.93. The predicted molar refractivity (Wildman–Crippen MR) is 107 cm³/mol. The number of aromatic nitrogens is 1. The van der Waals surface area contributed by atoms with Crippen LogP contribution in [-0.4, -0.2) is 38.2 Å². The van der Waals surface area contributed by atoms with E-state index in [1.165, 1.54) is 24.4 Å². The molecule has 0 aliphatic carbocycles. The zero-order valence-corrected chi connectivity index (χ0v) is 17.5. The number of nitrogens with zero attached hydrogens (tertiary/aromatic N) is 1. The Hall–Kier alpha value is -2.50. The Labute approximate surface area is 174 Å². The van der Waals surface area contributed by atoms with Gasteiger partial charge in [0, 0.05) is 17.1 Å². The predicted octanol–water partition coefficient (Wildman–Crippen LogP) is 4.37. The van der Waals surface area contributed by atoms with Gasteiger partial charge in [0.15, 0.2) is 0 Å². The van der Waals surface area contributed by atoms with Crippen molar-refractivity contribution < 1.29 is 31.1 Å². The largest absolute Gasteiger partial charge is 0.461 e. The third-order valence-corrected chi connectivity index (χ3v) is 6.83. The van der Waals surface area contributed by atoms with Crippen molar-refractivity contribution in [2.24, 2.45) is 0 Å². The number of carbonyl (C=O) groups is 1. The first-order valence-electron chi connectivity index (χ1n) is 8.78. The number of ether oxygens (including phenoxy) is 1. The fourth-order valence-corrected chi connectivity index (χ4v) is 5.06. The van der Waals surface area contributed by atoms with Crippen LogP contribution in [0.15, 0.2) is 47.5 Å². The van der Waals surface area contributed by atoms with E-state index in [1.807, 2.05) is 0 Å². The van der Waals surface area contributed by atoms with Crippen molar-refractivity contribution in [1.82, 2.24) is 9.71 Å². The SMILES string of the molecule is CCOC(=O)c1ncc(-c2ccc(S(=O)(=O)N[C@@H](C)C(F)(F)F)c3ccccc23)s1. The molecule has 0 amide bonds. The van der Waals surface area contributed by atoms with E-state index in [0.717, 1.165) is 18.3 Å². The molecule has 0 aliphatic heterocycles. The lowest BCUT2D eigenvalue weighted by Crippen LogP contribution is -2.43. The number of halogens is 3. The maximum Gasteiger partial charge on any atom is 0.404 e. The second-order valence-electron chi connectivity index (χ2n) is 6.29. The molecule has 6 nitrogen and oxygen atoms in total. The first-order valence-corrected chi connectivity index (χ1v) is 11.1. The van der Waals surface area contributed by atoms with Gasteiger partial charge in [0.05, 0.1) is 16.4 Å². The van der Waals surface area contributed by atoms with Gasteiger partial charge in [-0.25, -0.2) is 18.2 Å². The van der Waals surface area contributed by atoms with E-state index in [4.69, 9.17) is 4.74 Å². The highest BCUT2D eigenvalue weighted by molar-refractivity contribution is 7.89. The van der Waals surface area contributed by atoms with Gasteiger partial charge in [0.25, 0.3) is 0 Å². The Morgan fingerprint density at radius 3 is 2.50 bits per heavy atom. The molecule has 30 heavy (non-hydrogen) atoms. The number of hydrogen-bond donors (Lipinski definition) is 1. The fourth-order valence-electron chi connectivity index (χ4n) is 2.77. The lowest BCUT2D eigenvalue weighted by atomic mass is 10.0. The van der Waals surface area contributed by atoms with Crippen LogP contribution in [-0.2, 0) is 14.8 Å². The minimum atomic E-state index is -4.71. The lowest BCUT2D eigenvalue weighted by molar-refractivity contribution is -0.147. The van der Waals surface area contributed by atoms with Crippen LogP contribution in [0.2, 0.25) is 0 Å². The lowest BCUT2D eigenvalue weighted by Gasteiger charge is -2.18. The second kappa shape index (κ2) is 8.32. The summed E-state index contributed by atoms with van der Waals surface area (Å²) in [5, 5.41) is 0.898. The number of alkyl halides is 3. The second-order valence-corrected chi connectivity index (χ2v) is 9.00. The zero-order chi connectivity index (χ0) is 22.1. The molecule has 3 aromatic rings. The summed E-state index contributed by atoms with van der Waals surface area (Å²) in [7, 11) is -4.44. The van der Waals surface area contributed by atoms with Crippen molar-refractivity contribution in [2.45, 2.75) is 31.0 Å². The third-order valence-electron chi connectivity index (χ3n) is 4.22. The number of sulfonamides is 1. The Kier molecular flexibility index (Phi) is 6.16. The molecule has 0 saturated heterocycles. The number of hydrogen-bond acceptors (Lipinski definition) is 6. The van der Waals surface area contributed by atoms with Gasteiger partial charge in [-0.3, -0.25) is 0 Å². The van der Waals surface area contributed by atoms with Crippen LogP contribution in [0.3, 0.4) is 0 Å². The highest BCUT2D eigenvalue weighted by Crippen LogP contribution is 2.36. The molecule has 0 bridgehead atoms. The Bertz CT molecular complexity index is 1190. The fraction of sp³-hybridized carbons (Fsp3) is 0.263. The van der Waals surface area contributed by atoms with Crippen LogP contribution in [0.1, 0.15) is 23.6 Å². The molecule has 0 saturated carbocycles. The van der Waals surface area contributed by atoms with Gasteiger partial charge in [-0.2, -0.15) is 17.9 Å². The van der Waals surface area contributed by atoms with Gasteiger partial charge in [0.2, 0.25) is 15.0 Å². The van der Waals surface area contributed by atoms with Gasteiger partial charge in [-0.15, -0.1) is 11.3 Å². The van der Waals surface area contributed by atoms with E-state index in [1.54, 1.807) is 29.8 Å². The molecule has 0 aliphatic rings. The molecule has 160 valence electrons. The summed E-state index contributed by atoms with van der Waals surface area (Å²) in [6.45, 7) is 2.61. The van der Waals surface area contributed by atoms with Gasteiger partial charge in [-0.1, -0.05) is 30.3 Å². The standard InChI is InChI=1S/C19H17F3N2O4S2/c1-3-28-18(25)17-23-10-15(29-17)13-8-9-16(14-7-5-4-6-12(13)14)30(26,27)24-11(2)19(20,21)22/h4-11,24H,3H2,1-2H3/t11-/m0/s1. The van der Waals surface area contributed by atoms with Crippen LogP contribution in [0.5, 0.6) is 0 Å². The quantitative estimate of drug-likeness (QED) is 0.555. The Morgan fingerprint density at radius 1 is 1.20 bits per heavy atom. The summed E-state index contributed by atoms with van der Waals surface area (Å²) in [5.74, 6) is -0.567. The average Bonchev–Trinajstić information content (AvgIpc) is 3.16. The molecular formula is C19H17F3N2O4S2. The topological polar surface area (TPSA) is 85.4 Å². The van der Waals surface area contributed by atoms with Gasteiger partial charge >= 0.3 is 12.1 Å². The minimum absolute atomic E-state index is 0.147. The monoisotopic (exact) mass is 458 g/mol. The molecule has 0 spiro atoms. The van der Waals surface area contributed by atoms with Gasteiger partial charge < -0.3 is 4.74 Å². The van der Waals surface area contributed by atoms with Crippen molar-refractivity contribution in [3.05, 3.63) is 47.6 Å². The molecule has 1 aromatic heterocycles. The number of thiazole rings is 1. The van der Waals surface area contributed by atoms with E-state index in [2.05, 4.69) is 4.98 Å². The highest BCUT2D eigenvalue weighted by atomic mass is 32.2. The van der Waals surface area contributed by atoms with E-state index in [0.29, 0.717) is 15.8 Å². The van der Waals surface area contributed by atoms with Crippen LogP contribution in [0.4, 0.5) is 13.2 Å². The molecule has 3 rings (SSSR count). The first-order chi connectivity index (χ1) is 14.0. The zero-order valence-electron chi connectivity index (χ0n) is 15.9. The van der Waals surface area contributed by atoms with Gasteiger partial charge in [-0.05, 0) is 25.3 Å². The molecule has 0 fully saturated rings. The van der Waals surface area contributed by atoms with Crippen LogP contribution in [0.25, 0.3) is 21.2 Å². The summed E-state index contributed by atoms with van der Waals surface area (Å²) < 4.78 is 70.4. The molecular weight excluding hydrogens is 441 g/mol. The third kappa shape index (κ3) is 4.47. The van der Waals surface area contributed by atoms with Crippen LogP contribution < -0.4 is 4.72 Å². The molecule has 1 heterocycles. The molecule has 2 aromatic carbocycles. The minimum Gasteiger partial charge on any atom is -0.461 e.